The van der Waals surface area contributed by atoms with Crippen molar-refractivity contribution in [3.63, 3.8) is 0 Å². The summed E-state index contributed by atoms with van der Waals surface area (Å²) in [5.74, 6) is 0. The molecule has 2 aliphatic rings. The Balaban J connectivity index is 1.24. The van der Waals surface area contributed by atoms with Crippen LogP contribution in [0.15, 0.2) is 170 Å². The van der Waals surface area contributed by atoms with Crippen molar-refractivity contribution in [3.05, 3.63) is 181 Å². The van der Waals surface area contributed by atoms with Crippen molar-refractivity contribution in [2.45, 2.75) is 32.4 Å². The summed E-state index contributed by atoms with van der Waals surface area (Å²) in [6.45, 7) is 9.76. The summed E-state index contributed by atoms with van der Waals surface area (Å²) in [5.41, 5.74) is 14.9. The summed E-state index contributed by atoms with van der Waals surface area (Å²) < 4.78 is 0. The van der Waals surface area contributed by atoms with Crippen molar-refractivity contribution >= 4 is 61.5 Å². The fourth-order valence-electron chi connectivity index (χ4n) is 10.6. The molecular formula is C55H40N2Si. The van der Waals surface area contributed by atoms with Gasteiger partial charge in [-0.15, -0.1) is 0 Å². The molecule has 0 radical (unpaired) electrons. The van der Waals surface area contributed by atoms with Crippen LogP contribution in [0, 0.1) is 0 Å². The zero-order chi connectivity index (χ0) is 38.9. The van der Waals surface area contributed by atoms with Crippen molar-refractivity contribution in [2.24, 2.45) is 0 Å². The maximum atomic E-state index is 5.29. The standard InChI is InChI=1S/C55H40N2Si/c1-55(2)47-19-11-9-17-39(47)40-23-21-36(30-48(40)55)35-22-24-42-44(29-35)52(54-38-16-8-6-14-34(38)26-28-57-54)46-32-50-43(41-18-10-12-20-49(41)58(50,3)4)31-45(46)51(42)53-37-15-7-5-13-33(37)25-27-56-53/h5-32H,1-4H3. The van der Waals surface area contributed by atoms with Crippen molar-refractivity contribution in [2.75, 3.05) is 0 Å². The van der Waals surface area contributed by atoms with E-state index < -0.39 is 8.07 Å². The first kappa shape index (κ1) is 33.5. The SMILES string of the molecule is CC1(C)c2ccccc2-c2ccc(-c3ccc4c(-c5nccc6ccccc56)c5cc6c(cc5c(-c5nccc7ccccc57)c4c3)[Si](C)(C)c3ccccc3-6)cc21. The van der Waals surface area contributed by atoms with Gasteiger partial charge in [-0.25, -0.2) is 0 Å². The predicted octanol–water partition coefficient (Wildman–Crippen LogP) is 13.2. The summed E-state index contributed by atoms with van der Waals surface area (Å²) in [6, 6.07) is 59.0. The molecule has 0 saturated carbocycles. The smallest absolute Gasteiger partial charge is 0.113 e. The molecule has 8 aromatic carbocycles. The Bertz CT molecular complexity index is 3400. The Morgan fingerprint density at radius 1 is 0.397 bits per heavy atom. The molecule has 0 unspecified atom stereocenters. The van der Waals surface area contributed by atoms with Crippen molar-refractivity contribution < 1.29 is 0 Å². The molecule has 0 saturated heterocycles. The van der Waals surface area contributed by atoms with Crippen LogP contribution in [0.25, 0.3) is 99.0 Å². The first-order valence-corrected chi connectivity index (χ1v) is 23.4. The molecular weight excluding hydrogens is 717 g/mol. The fourth-order valence-corrected chi connectivity index (χ4v) is 13.7. The lowest BCUT2D eigenvalue weighted by atomic mass is 9.81. The Labute approximate surface area is 339 Å². The van der Waals surface area contributed by atoms with Gasteiger partial charge in [0.2, 0.25) is 0 Å². The van der Waals surface area contributed by atoms with Crippen LogP contribution in [0.3, 0.4) is 0 Å². The van der Waals surface area contributed by atoms with Gasteiger partial charge in [0.15, 0.2) is 0 Å². The molecule has 0 N–H and O–H groups in total. The molecule has 12 rings (SSSR count). The van der Waals surface area contributed by atoms with Crippen LogP contribution in [-0.2, 0) is 5.41 Å². The second-order valence-corrected chi connectivity index (χ2v) is 21.6. The molecule has 2 aromatic heterocycles. The average Bonchev–Trinajstić information content (AvgIpc) is 3.63. The van der Waals surface area contributed by atoms with Crippen molar-refractivity contribution in [3.8, 4) is 55.9 Å². The molecule has 10 aromatic rings. The van der Waals surface area contributed by atoms with Crippen molar-refractivity contribution in [1.82, 2.24) is 9.97 Å². The van der Waals surface area contributed by atoms with E-state index in [2.05, 4.69) is 185 Å². The molecule has 1 aliphatic heterocycles. The van der Waals surface area contributed by atoms with Gasteiger partial charge in [-0.3, -0.25) is 9.97 Å². The Morgan fingerprint density at radius 3 is 1.69 bits per heavy atom. The van der Waals surface area contributed by atoms with Crippen molar-refractivity contribution in [1.29, 1.82) is 0 Å². The molecule has 274 valence electrons. The summed E-state index contributed by atoms with van der Waals surface area (Å²) in [5, 5.41) is 12.5. The van der Waals surface area contributed by atoms with Crippen LogP contribution in [0.5, 0.6) is 0 Å². The zero-order valence-electron chi connectivity index (χ0n) is 33.1. The summed E-state index contributed by atoms with van der Waals surface area (Å²) in [6.07, 6.45) is 3.97. The lowest BCUT2D eigenvalue weighted by Gasteiger charge is -2.23. The third-order valence-corrected chi connectivity index (χ3v) is 17.1. The lowest BCUT2D eigenvalue weighted by molar-refractivity contribution is 0.660. The van der Waals surface area contributed by atoms with E-state index in [1.54, 1.807) is 0 Å². The van der Waals surface area contributed by atoms with E-state index in [9.17, 15) is 0 Å². The maximum Gasteiger partial charge on any atom is 0.113 e. The number of pyridine rings is 2. The fraction of sp³-hybridized carbons (Fsp3) is 0.0909. The highest BCUT2D eigenvalue weighted by Gasteiger charge is 2.39. The maximum absolute atomic E-state index is 5.29. The van der Waals surface area contributed by atoms with Crippen LogP contribution >= 0.6 is 0 Å². The Kier molecular flexibility index (Phi) is 6.88. The minimum absolute atomic E-state index is 0.0884. The van der Waals surface area contributed by atoms with Crippen LogP contribution < -0.4 is 10.4 Å². The highest BCUT2D eigenvalue weighted by Crippen LogP contribution is 2.51. The molecule has 58 heavy (non-hydrogen) atoms. The van der Waals surface area contributed by atoms with Gasteiger partial charge in [0.05, 0.1) is 11.4 Å². The quantitative estimate of drug-likeness (QED) is 0.133. The molecule has 0 amide bonds. The number of fused-ring (bicyclic) bond motifs is 10. The van der Waals surface area contributed by atoms with Gasteiger partial charge in [0, 0.05) is 39.7 Å². The number of benzene rings is 8. The summed E-state index contributed by atoms with van der Waals surface area (Å²) >= 11 is 0. The predicted molar refractivity (Wildman–Crippen MR) is 248 cm³/mol. The molecule has 0 spiro atoms. The highest BCUT2D eigenvalue weighted by molar-refractivity contribution is 7.04. The monoisotopic (exact) mass is 756 g/mol. The second kappa shape index (κ2) is 11.9. The minimum atomic E-state index is -2.03. The second-order valence-electron chi connectivity index (χ2n) is 17.3. The van der Waals surface area contributed by atoms with Crippen LogP contribution in [0.1, 0.15) is 25.0 Å². The zero-order valence-corrected chi connectivity index (χ0v) is 34.1. The number of rotatable bonds is 3. The van der Waals surface area contributed by atoms with Gasteiger partial charge in [-0.1, -0.05) is 154 Å². The number of hydrogen-bond acceptors (Lipinski definition) is 2. The van der Waals surface area contributed by atoms with Gasteiger partial charge in [-0.2, -0.15) is 0 Å². The number of aromatic nitrogens is 2. The lowest BCUT2D eigenvalue weighted by Crippen LogP contribution is -2.49. The van der Waals surface area contributed by atoms with E-state index in [0.29, 0.717) is 0 Å². The highest BCUT2D eigenvalue weighted by atomic mass is 28.3. The van der Waals surface area contributed by atoms with E-state index in [4.69, 9.17) is 9.97 Å². The average molecular weight is 757 g/mol. The van der Waals surface area contributed by atoms with E-state index in [0.717, 1.165) is 22.2 Å². The first-order valence-electron chi connectivity index (χ1n) is 20.4. The third kappa shape index (κ3) is 4.54. The van der Waals surface area contributed by atoms with Gasteiger partial charge in [0.1, 0.15) is 8.07 Å². The molecule has 0 fully saturated rings. The Morgan fingerprint density at radius 2 is 0.948 bits per heavy atom. The molecule has 2 nitrogen and oxygen atoms in total. The molecule has 3 heterocycles. The largest absolute Gasteiger partial charge is 0.256 e. The van der Waals surface area contributed by atoms with Gasteiger partial charge < -0.3 is 0 Å². The van der Waals surface area contributed by atoms with Crippen LogP contribution in [-0.4, -0.2) is 18.0 Å². The summed E-state index contributed by atoms with van der Waals surface area (Å²) in [4.78, 5) is 10.5. The molecule has 3 heteroatoms. The van der Waals surface area contributed by atoms with Gasteiger partial charge in [0.25, 0.3) is 0 Å². The first-order chi connectivity index (χ1) is 28.3. The van der Waals surface area contributed by atoms with Crippen LogP contribution in [0.2, 0.25) is 13.1 Å². The molecule has 1 aliphatic carbocycles. The molecule has 0 atom stereocenters. The van der Waals surface area contributed by atoms with Gasteiger partial charge in [-0.05, 0) is 118 Å². The number of hydrogen-bond donors (Lipinski definition) is 0. The Hall–Kier alpha value is -6.68. The molecule has 0 bridgehead atoms. The van der Waals surface area contributed by atoms with E-state index >= 15 is 0 Å². The minimum Gasteiger partial charge on any atom is -0.256 e. The van der Waals surface area contributed by atoms with E-state index in [1.165, 1.54) is 98.3 Å². The van der Waals surface area contributed by atoms with E-state index in [-0.39, 0.29) is 5.41 Å². The topological polar surface area (TPSA) is 25.8 Å². The van der Waals surface area contributed by atoms with Gasteiger partial charge >= 0.3 is 0 Å². The normalized spacial score (nSPS) is 14.5. The van der Waals surface area contributed by atoms with Crippen LogP contribution in [0.4, 0.5) is 0 Å². The third-order valence-electron chi connectivity index (χ3n) is 13.6. The van der Waals surface area contributed by atoms with E-state index in [1.807, 2.05) is 12.4 Å². The number of nitrogens with zero attached hydrogens (tertiary/aromatic N) is 2. The summed E-state index contributed by atoms with van der Waals surface area (Å²) in [7, 11) is -2.03.